The molecule has 0 saturated carbocycles. The highest BCUT2D eigenvalue weighted by atomic mass is 16.3. The molecule has 0 saturated heterocycles. The SMILES string of the molecule is CC(O)C(C)(C)NCc1ccc2cc[nH]c2c1. The van der Waals surface area contributed by atoms with Crippen molar-refractivity contribution in [3.8, 4) is 0 Å². The van der Waals surface area contributed by atoms with E-state index in [9.17, 15) is 5.11 Å². The fourth-order valence-electron chi connectivity index (χ4n) is 1.68. The van der Waals surface area contributed by atoms with Crippen LogP contribution in [0.5, 0.6) is 0 Å². The van der Waals surface area contributed by atoms with Crippen molar-refractivity contribution in [2.45, 2.75) is 39.0 Å². The van der Waals surface area contributed by atoms with Gasteiger partial charge >= 0.3 is 0 Å². The van der Waals surface area contributed by atoms with Crippen molar-refractivity contribution in [3.63, 3.8) is 0 Å². The highest BCUT2D eigenvalue weighted by molar-refractivity contribution is 5.79. The number of hydrogen-bond acceptors (Lipinski definition) is 2. The van der Waals surface area contributed by atoms with Gasteiger partial charge in [-0.3, -0.25) is 0 Å². The van der Waals surface area contributed by atoms with Gasteiger partial charge in [0, 0.05) is 23.8 Å². The molecular weight excluding hydrogens is 212 g/mol. The number of aliphatic hydroxyl groups is 1. The quantitative estimate of drug-likeness (QED) is 0.758. The Bertz CT molecular complexity index is 500. The summed E-state index contributed by atoms with van der Waals surface area (Å²) in [4.78, 5) is 3.20. The van der Waals surface area contributed by atoms with E-state index in [2.05, 4.69) is 34.6 Å². The van der Waals surface area contributed by atoms with E-state index in [1.807, 2.05) is 20.0 Å². The summed E-state index contributed by atoms with van der Waals surface area (Å²) in [5, 5.41) is 14.2. The van der Waals surface area contributed by atoms with Gasteiger partial charge in [-0.25, -0.2) is 0 Å². The third-order valence-corrected chi connectivity index (χ3v) is 3.41. The smallest absolute Gasteiger partial charge is 0.0688 e. The molecule has 3 heteroatoms. The van der Waals surface area contributed by atoms with Crippen molar-refractivity contribution < 1.29 is 5.11 Å². The lowest BCUT2D eigenvalue weighted by molar-refractivity contribution is 0.0956. The Balaban J connectivity index is 2.08. The molecule has 1 aromatic heterocycles. The minimum atomic E-state index is -0.378. The number of rotatable bonds is 4. The first-order valence-corrected chi connectivity index (χ1v) is 5.98. The van der Waals surface area contributed by atoms with Crippen LogP contribution < -0.4 is 5.32 Å². The van der Waals surface area contributed by atoms with Gasteiger partial charge in [0.1, 0.15) is 0 Å². The largest absolute Gasteiger partial charge is 0.392 e. The Kier molecular flexibility index (Phi) is 3.22. The van der Waals surface area contributed by atoms with Gasteiger partial charge in [0.15, 0.2) is 0 Å². The number of benzene rings is 1. The summed E-state index contributed by atoms with van der Waals surface area (Å²) in [5.41, 5.74) is 2.10. The lowest BCUT2D eigenvalue weighted by atomic mass is 9.98. The van der Waals surface area contributed by atoms with Gasteiger partial charge in [0.05, 0.1) is 6.10 Å². The van der Waals surface area contributed by atoms with Gasteiger partial charge in [0.25, 0.3) is 0 Å². The third kappa shape index (κ3) is 2.68. The van der Waals surface area contributed by atoms with E-state index >= 15 is 0 Å². The minimum absolute atomic E-state index is 0.273. The maximum atomic E-state index is 9.63. The molecular formula is C14H20N2O. The van der Waals surface area contributed by atoms with Gasteiger partial charge in [0.2, 0.25) is 0 Å². The Labute approximate surface area is 102 Å². The summed E-state index contributed by atoms with van der Waals surface area (Å²) in [6.07, 6.45) is 1.57. The molecule has 17 heavy (non-hydrogen) atoms. The average molecular weight is 232 g/mol. The van der Waals surface area contributed by atoms with Crippen LogP contribution in [0.4, 0.5) is 0 Å². The summed E-state index contributed by atoms with van der Waals surface area (Å²) in [6.45, 7) is 6.57. The number of fused-ring (bicyclic) bond motifs is 1. The molecule has 0 radical (unpaired) electrons. The maximum absolute atomic E-state index is 9.63. The molecule has 1 unspecified atom stereocenters. The van der Waals surface area contributed by atoms with Crippen LogP contribution in [-0.2, 0) is 6.54 Å². The minimum Gasteiger partial charge on any atom is -0.392 e. The summed E-state index contributed by atoms with van der Waals surface area (Å²) < 4.78 is 0. The first-order chi connectivity index (χ1) is 7.99. The van der Waals surface area contributed by atoms with Gasteiger partial charge in [-0.2, -0.15) is 0 Å². The van der Waals surface area contributed by atoms with E-state index in [4.69, 9.17) is 0 Å². The van der Waals surface area contributed by atoms with E-state index in [1.54, 1.807) is 6.92 Å². The standard InChI is InChI=1S/C14H20N2O/c1-10(17)14(2,3)16-9-11-4-5-12-6-7-15-13(12)8-11/h4-8,10,15-17H,9H2,1-3H3. The molecule has 1 heterocycles. The molecule has 3 nitrogen and oxygen atoms in total. The number of aromatic amines is 1. The number of aliphatic hydroxyl groups excluding tert-OH is 1. The zero-order valence-corrected chi connectivity index (χ0v) is 10.6. The molecule has 0 aliphatic carbocycles. The molecule has 0 aliphatic heterocycles. The molecule has 3 N–H and O–H groups in total. The van der Waals surface area contributed by atoms with Crippen molar-refractivity contribution in [1.82, 2.24) is 10.3 Å². The van der Waals surface area contributed by atoms with Crippen LogP contribution in [0.25, 0.3) is 10.9 Å². The average Bonchev–Trinajstić information content (AvgIpc) is 2.73. The zero-order valence-electron chi connectivity index (χ0n) is 10.6. The molecule has 0 fully saturated rings. The molecule has 0 amide bonds. The predicted molar refractivity (Wildman–Crippen MR) is 70.9 cm³/mol. The Morgan fingerprint density at radius 2 is 2.12 bits per heavy atom. The van der Waals surface area contributed by atoms with Crippen LogP contribution in [-0.4, -0.2) is 21.7 Å². The normalized spacial score (nSPS) is 14.1. The van der Waals surface area contributed by atoms with Crippen LogP contribution in [0.2, 0.25) is 0 Å². The Morgan fingerprint density at radius 3 is 2.82 bits per heavy atom. The molecule has 0 spiro atoms. The summed E-state index contributed by atoms with van der Waals surface area (Å²) in [6, 6.07) is 8.42. The predicted octanol–water partition coefficient (Wildman–Crippen LogP) is 2.42. The van der Waals surface area contributed by atoms with Crippen molar-refractivity contribution in [2.75, 3.05) is 0 Å². The molecule has 2 rings (SSSR count). The first kappa shape index (κ1) is 12.1. The van der Waals surface area contributed by atoms with Crippen molar-refractivity contribution in [1.29, 1.82) is 0 Å². The van der Waals surface area contributed by atoms with Gasteiger partial charge in [-0.05, 0) is 43.9 Å². The molecule has 0 aliphatic rings. The number of nitrogens with one attached hydrogen (secondary N) is 2. The highest BCUT2D eigenvalue weighted by Crippen LogP contribution is 2.15. The number of aromatic nitrogens is 1. The molecule has 92 valence electrons. The van der Waals surface area contributed by atoms with Crippen molar-refractivity contribution in [2.24, 2.45) is 0 Å². The monoisotopic (exact) mass is 232 g/mol. The van der Waals surface area contributed by atoms with Crippen LogP contribution in [0, 0.1) is 0 Å². The Morgan fingerprint density at radius 1 is 1.35 bits per heavy atom. The molecule has 0 bridgehead atoms. The van der Waals surface area contributed by atoms with E-state index in [1.165, 1.54) is 10.9 Å². The fourth-order valence-corrected chi connectivity index (χ4v) is 1.68. The summed E-state index contributed by atoms with van der Waals surface area (Å²) in [7, 11) is 0. The zero-order chi connectivity index (χ0) is 12.5. The van der Waals surface area contributed by atoms with Crippen LogP contribution >= 0.6 is 0 Å². The second-order valence-corrected chi connectivity index (χ2v) is 5.15. The summed E-state index contributed by atoms with van der Waals surface area (Å²) >= 11 is 0. The highest BCUT2D eigenvalue weighted by Gasteiger charge is 2.22. The van der Waals surface area contributed by atoms with E-state index in [0.717, 1.165) is 12.1 Å². The van der Waals surface area contributed by atoms with E-state index < -0.39 is 0 Å². The molecule has 2 aromatic rings. The maximum Gasteiger partial charge on any atom is 0.0688 e. The molecule has 1 atom stereocenters. The van der Waals surface area contributed by atoms with Gasteiger partial charge < -0.3 is 15.4 Å². The second-order valence-electron chi connectivity index (χ2n) is 5.15. The fraction of sp³-hybridized carbons (Fsp3) is 0.429. The molecule has 1 aromatic carbocycles. The van der Waals surface area contributed by atoms with Gasteiger partial charge in [-0.15, -0.1) is 0 Å². The second kappa shape index (κ2) is 4.51. The van der Waals surface area contributed by atoms with Crippen molar-refractivity contribution in [3.05, 3.63) is 36.0 Å². The van der Waals surface area contributed by atoms with Crippen LogP contribution in [0.15, 0.2) is 30.5 Å². The van der Waals surface area contributed by atoms with E-state index in [0.29, 0.717) is 0 Å². The summed E-state index contributed by atoms with van der Waals surface area (Å²) in [5.74, 6) is 0. The van der Waals surface area contributed by atoms with Crippen molar-refractivity contribution >= 4 is 10.9 Å². The van der Waals surface area contributed by atoms with Crippen LogP contribution in [0.1, 0.15) is 26.3 Å². The Hall–Kier alpha value is -1.32. The number of H-pyrrole nitrogens is 1. The number of hydrogen-bond donors (Lipinski definition) is 3. The first-order valence-electron chi connectivity index (χ1n) is 5.98. The van der Waals surface area contributed by atoms with Crippen LogP contribution in [0.3, 0.4) is 0 Å². The lowest BCUT2D eigenvalue weighted by Crippen LogP contribution is -2.47. The third-order valence-electron chi connectivity index (χ3n) is 3.41. The topological polar surface area (TPSA) is 48.0 Å². The van der Waals surface area contributed by atoms with E-state index in [-0.39, 0.29) is 11.6 Å². The van der Waals surface area contributed by atoms with Gasteiger partial charge in [-0.1, -0.05) is 12.1 Å². The lowest BCUT2D eigenvalue weighted by Gasteiger charge is -2.29.